The van der Waals surface area contributed by atoms with Gasteiger partial charge in [-0.3, -0.25) is 0 Å². The number of benzene rings is 1. The second-order valence-corrected chi connectivity index (χ2v) is 4.00. The van der Waals surface area contributed by atoms with Gasteiger partial charge >= 0.3 is 0 Å². The third kappa shape index (κ3) is 5.39. The van der Waals surface area contributed by atoms with E-state index < -0.39 is 0 Å². The maximum atomic E-state index is 6.13. The van der Waals surface area contributed by atoms with Crippen LogP contribution < -0.4 is 10.1 Å². The van der Waals surface area contributed by atoms with Crippen molar-refractivity contribution in [1.29, 1.82) is 0 Å². The predicted molar refractivity (Wildman–Crippen MR) is 70.8 cm³/mol. The smallest absolute Gasteiger partial charge is 0.138 e. The minimum Gasteiger partial charge on any atom is -0.490 e. The van der Waals surface area contributed by atoms with E-state index in [4.69, 9.17) is 21.1 Å². The van der Waals surface area contributed by atoms with E-state index in [0.29, 0.717) is 30.6 Å². The molecule has 1 N–H and O–H groups in total. The van der Waals surface area contributed by atoms with Gasteiger partial charge in [-0.25, -0.2) is 0 Å². The third-order valence-corrected chi connectivity index (χ3v) is 2.56. The maximum Gasteiger partial charge on any atom is 0.138 e. The molecule has 4 heteroatoms. The molecule has 0 saturated carbocycles. The van der Waals surface area contributed by atoms with Crippen LogP contribution in [0.25, 0.3) is 0 Å². The molecule has 0 aromatic heterocycles. The van der Waals surface area contributed by atoms with Crippen molar-refractivity contribution in [3.63, 3.8) is 0 Å². The first-order chi connectivity index (χ1) is 8.27. The molecule has 0 atom stereocenters. The van der Waals surface area contributed by atoms with Crippen molar-refractivity contribution in [2.45, 2.75) is 20.4 Å². The first-order valence-corrected chi connectivity index (χ1v) is 6.35. The van der Waals surface area contributed by atoms with Crippen LogP contribution in [0.3, 0.4) is 0 Å². The molecule has 96 valence electrons. The summed E-state index contributed by atoms with van der Waals surface area (Å²) < 4.78 is 10.7. The van der Waals surface area contributed by atoms with Gasteiger partial charge in [0.25, 0.3) is 0 Å². The minimum absolute atomic E-state index is 0.528. The largest absolute Gasteiger partial charge is 0.490 e. The molecule has 0 aliphatic rings. The van der Waals surface area contributed by atoms with Crippen molar-refractivity contribution >= 4 is 11.6 Å². The summed E-state index contributed by atoms with van der Waals surface area (Å²) in [5.74, 6) is 0.714. The van der Waals surface area contributed by atoms with Crippen LogP contribution in [0.15, 0.2) is 18.2 Å². The van der Waals surface area contributed by atoms with Gasteiger partial charge in [-0.2, -0.15) is 0 Å². The average molecular weight is 258 g/mol. The molecule has 0 unspecified atom stereocenters. The normalized spacial score (nSPS) is 10.5. The molecule has 0 saturated heterocycles. The van der Waals surface area contributed by atoms with E-state index in [1.54, 1.807) is 0 Å². The number of nitrogens with one attached hydrogen (secondary N) is 1. The number of hydrogen-bond acceptors (Lipinski definition) is 3. The van der Waals surface area contributed by atoms with Crippen molar-refractivity contribution in [3.8, 4) is 5.75 Å². The molecule has 1 rings (SSSR count). The molecule has 0 radical (unpaired) electrons. The molecular formula is C13H20ClNO2. The van der Waals surface area contributed by atoms with Gasteiger partial charge in [0.1, 0.15) is 12.4 Å². The number of ether oxygens (including phenoxy) is 2. The van der Waals surface area contributed by atoms with Gasteiger partial charge in [0.15, 0.2) is 0 Å². The lowest BCUT2D eigenvalue weighted by Gasteiger charge is -2.09. The van der Waals surface area contributed by atoms with E-state index in [-0.39, 0.29) is 0 Å². The fourth-order valence-corrected chi connectivity index (χ4v) is 1.65. The van der Waals surface area contributed by atoms with E-state index in [0.717, 1.165) is 18.7 Å². The molecule has 0 bridgehead atoms. The van der Waals surface area contributed by atoms with E-state index in [9.17, 15) is 0 Å². The highest BCUT2D eigenvalue weighted by Gasteiger charge is 2.02. The summed E-state index contributed by atoms with van der Waals surface area (Å²) in [5, 5.41) is 3.90. The Labute approximate surface area is 108 Å². The molecule has 0 fully saturated rings. The Hall–Kier alpha value is -0.770. The van der Waals surface area contributed by atoms with E-state index in [1.165, 1.54) is 0 Å². The van der Waals surface area contributed by atoms with Crippen LogP contribution in [0.4, 0.5) is 0 Å². The highest BCUT2D eigenvalue weighted by Crippen LogP contribution is 2.25. The lowest BCUT2D eigenvalue weighted by molar-refractivity contribution is 0.110. The number of hydrogen-bond donors (Lipinski definition) is 1. The molecule has 0 heterocycles. The average Bonchev–Trinajstić information content (AvgIpc) is 2.34. The van der Waals surface area contributed by atoms with Crippen LogP contribution in [0.1, 0.15) is 19.4 Å². The molecule has 1 aromatic carbocycles. The van der Waals surface area contributed by atoms with Crippen LogP contribution in [0.2, 0.25) is 5.02 Å². The molecule has 0 spiro atoms. The molecule has 17 heavy (non-hydrogen) atoms. The second-order valence-electron chi connectivity index (χ2n) is 3.59. The minimum atomic E-state index is 0.528. The first kappa shape index (κ1) is 14.3. The first-order valence-electron chi connectivity index (χ1n) is 5.97. The SMILES string of the molecule is CCNCc1ccc(OCCOCC)c(Cl)c1. The topological polar surface area (TPSA) is 30.5 Å². The molecule has 3 nitrogen and oxygen atoms in total. The van der Waals surface area contributed by atoms with E-state index >= 15 is 0 Å². The Balaban J connectivity index is 2.45. The highest BCUT2D eigenvalue weighted by molar-refractivity contribution is 6.32. The molecule has 1 aromatic rings. The molecule has 0 aliphatic heterocycles. The Morgan fingerprint density at radius 2 is 2.06 bits per heavy atom. The summed E-state index contributed by atoms with van der Waals surface area (Å²) in [6.45, 7) is 7.64. The number of halogens is 1. The maximum absolute atomic E-state index is 6.13. The summed E-state index contributed by atoms with van der Waals surface area (Å²) in [6, 6.07) is 5.85. The summed E-state index contributed by atoms with van der Waals surface area (Å²) >= 11 is 6.13. The Bertz CT molecular complexity index is 331. The summed E-state index contributed by atoms with van der Waals surface area (Å²) in [7, 11) is 0. The van der Waals surface area contributed by atoms with Crippen LogP contribution in [-0.4, -0.2) is 26.4 Å². The lowest BCUT2D eigenvalue weighted by Crippen LogP contribution is -2.11. The fraction of sp³-hybridized carbons (Fsp3) is 0.538. The van der Waals surface area contributed by atoms with Crippen LogP contribution >= 0.6 is 11.6 Å². The highest BCUT2D eigenvalue weighted by atomic mass is 35.5. The molecule has 0 amide bonds. The van der Waals surface area contributed by atoms with Gasteiger partial charge in [-0.1, -0.05) is 24.6 Å². The fourth-order valence-electron chi connectivity index (χ4n) is 1.40. The zero-order chi connectivity index (χ0) is 12.5. The van der Waals surface area contributed by atoms with Crippen LogP contribution in [0, 0.1) is 0 Å². The van der Waals surface area contributed by atoms with Gasteiger partial charge in [0, 0.05) is 13.2 Å². The Morgan fingerprint density at radius 3 is 2.71 bits per heavy atom. The van der Waals surface area contributed by atoms with Crippen molar-refractivity contribution in [2.75, 3.05) is 26.4 Å². The predicted octanol–water partition coefficient (Wildman–Crippen LogP) is 2.86. The van der Waals surface area contributed by atoms with Gasteiger partial charge in [-0.15, -0.1) is 0 Å². The standard InChI is InChI=1S/C13H20ClNO2/c1-3-15-10-11-5-6-13(12(14)9-11)17-8-7-16-4-2/h5-6,9,15H,3-4,7-8,10H2,1-2H3. The zero-order valence-electron chi connectivity index (χ0n) is 10.5. The van der Waals surface area contributed by atoms with Gasteiger partial charge in [0.05, 0.1) is 11.6 Å². The Morgan fingerprint density at radius 1 is 1.24 bits per heavy atom. The van der Waals surface area contributed by atoms with Crippen molar-refractivity contribution in [3.05, 3.63) is 28.8 Å². The van der Waals surface area contributed by atoms with E-state index in [1.807, 2.05) is 25.1 Å². The summed E-state index contributed by atoms with van der Waals surface area (Å²) in [6.07, 6.45) is 0. The summed E-state index contributed by atoms with van der Waals surface area (Å²) in [4.78, 5) is 0. The van der Waals surface area contributed by atoms with Crippen LogP contribution in [-0.2, 0) is 11.3 Å². The van der Waals surface area contributed by atoms with Crippen molar-refractivity contribution in [2.24, 2.45) is 0 Å². The second kappa shape index (κ2) is 8.34. The Kier molecular flexibility index (Phi) is 7.01. The van der Waals surface area contributed by atoms with Crippen molar-refractivity contribution in [1.82, 2.24) is 5.32 Å². The van der Waals surface area contributed by atoms with Crippen LogP contribution in [0.5, 0.6) is 5.75 Å². The quantitative estimate of drug-likeness (QED) is 0.727. The lowest BCUT2D eigenvalue weighted by atomic mass is 10.2. The van der Waals surface area contributed by atoms with Gasteiger partial charge < -0.3 is 14.8 Å². The monoisotopic (exact) mass is 257 g/mol. The van der Waals surface area contributed by atoms with Gasteiger partial charge in [0.2, 0.25) is 0 Å². The molecule has 0 aliphatic carbocycles. The molecular weight excluding hydrogens is 238 g/mol. The third-order valence-electron chi connectivity index (χ3n) is 2.26. The van der Waals surface area contributed by atoms with E-state index in [2.05, 4.69) is 12.2 Å². The van der Waals surface area contributed by atoms with Gasteiger partial charge in [-0.05, 0) is 31.2 Å². The van der Waals surface area contributed by atoms with Crippen molar-refractivity contribution < 1.29 is 9.47 Å². The zero-order valence-corrected chi connectivity index (χ0v) is 11.2. The number of rotatable bonds is 8. The summed E-state index contributed by atoms with van der Waals surface area (Å²) in [5.41, 5.74) is 1.16.